The summed E-state index contributed by atoms with van der Waals surface area (Å²) in [5, 5.41) is 13.8. The molecule has 0 fully saturated rings. The van der Waals surface area contributed by atoms with Crippen LogP contribution in [-0.4, -0.2) is 46.3 Å². The number of carbonyl (C=O) groups is 3. The number of benzene rings is 1. The Morgan fingerprint density at radius 3 is 2.18 bits per heavy atom. The smallest absolute Gasteiger partial charge is 0.328 e. The first-order valence-corrected chi connectivity index (χ1v) is 9.52. The van der Waals surface area contributed by atoms with Crippen LogP contribution in [0.3, 0.4) is 0 Å². The fourth-order valence-electron chi connectivity index (χ4n) is 2.21. The molecule has 7 nitrogen and oxygen atoms in total. The second-order valence-corrected chi connectivity index (χ2v) is 8.76. The van der Waals surface area contributed by atoms with Crippen LogP contribution in [0.1, 0.15) is 40.2 Å². The largest absolute Gasteiger partial charge is 0.480 e. The van der Waals surface area contributed by atoms with Gasteiger partial charge in [-0.15, -0.1) is 0 Å². The second kappa shape index (κ2) is 9.93. The third-order valence-corrected chi connectivity index (χ3v) is 5.08. The molecule has 0 aromatic heterocycles. The van der Waals surface area contributed by atoms with Gasteiger partial charge in [-0.2, -0.15) is 12.6 Å². The van der Waals surface area contributed by atoms with Crippen LogP contribution in [0, 0.1) is 5.41 Å². The molecule has 0 bridgehead atoms. The molecule has 0 aliphatic heterocycles. The quantitative estimate of drug-likeness (QED) is 0.466. The summed E-state index contributed by atoms with van der Waals surface area (Å²) in [5.74, 6) is -2.24. The first-order valence-electron chi connectivity index (χ1n) is 9.00. The Kier molecular flexibility index (Phi) is 8.50. The van der Waals surface area contributed by atoms with Gasteiger partial charge in [0.15, 0.2) is 6.04 Å². The van der Waals surface area contributed by atoms with Gasteiger partial charge in [0.2, 0.25) is 11.8 Å². The Morgan fingerprint density at radius 2 is 1.68 bits per heavy atom. The number of ether oxygens (including phenoxy) is 1. The minimum Gasteiger partial charge on any atom is -0.480 e. The molecule has 8 heteroatoms. The number of carboxylic acid groups (broad SMARTS) is 1. The van der Waals surface area contributed by atoms with Crippen LogP contribution >= 0.6 is 12.6 Å². The molecule has 28 heavy (non-hydrogen) atoms. The third-order valence-electron chi connectivity index (χ3n) is 4.07. The summed E-state index contributed by atoms with van der Waals surface area (Å²) < 4.78 is 5.43. The Morgan fingerprint density at radius 1 is 1.11 bits per heavy atom. The van der Waals surface area contributed by atoms with E-state index in [9.17, 15) is 19.5 Å². The third kappa shape index (κ3) is 7.52. The molecule has 0 heterocycles. The zero-order valence-corrected chi connectivity index (χ0v) is 17.9. The molecular formula is C20H30N2O5S. The van der Waals surface area contributed by atoms with Crippen LogP contribution in [0.25, 0.3) is 0 Å². The SMILES string of the molecule is CC(C)(NC(=O)C(S)C(C)(C)C)C(=O)NC(COCc1ccccc1)C(=O)O. The number of thiol groups is 1. The van der Waals surface area contributed by atoms with E-state index in [1.54, 1.807) is 0 Å². The van der Waals surface area contributed by atoms with Gasteiger partial charge >= 0.3 is 5.97 Å². The Labute approximate surface area is 171 Å². The first kappa shape index (κ1) is 24.0. The van der Waals surface area contributed by atoms with Crippen molar-refractivity contribution in [2.75, 3.05) is 6.61 Å². The molecule has 0 spiro atoms. The molecule has 1 rings (SSSR count). The molecule has 1 aromatic rings. The summed E-state index contributed by atoms with van der Waals surface area (Å²) in [5.41, 5.74) is -0.807. The van der Waals surface area contributed by atoms with E-state index in [-0.39, 0.29) is 13.2 Å². The van der Waals surface area contributed by atoms with Crippen LogP contribution in [0.15, 0.2) is 30.3 Å². The van der Waals surface area contributed by atoms with Crippen molar-refractivity contribution in [1.29, 1.82) is 0 Å². The summed E-state index contributed by atoms with van der Waals surface area (Å²) in [7, 11) is 0. The molecule has 0 saturated heterocycles. The molecule has 0 saturated carbocycles. The molecule has 1 aromatic carbocycles. The lowest BCUT2D eigenvalue weighted by Gasteiger charge is -2.31. The second-order valence-electron chi connectivity index (χ2n) is 8.25. The summed E-state index contributed by atoms with van der Waals surface area (Å²) >= 11 is 4.31. The minimum atomic E-state index is -1.31. The normalized spacial score (nSPS) is 14.1. The summed E-state index contributed by atoms with van der Waals surface area (Å²) in [4.78, 5) is 36.4. The number of amides is 2. The Hall–Kier alpha value is -2.06. The zero-order valence-electron chi connectivity index (χ0n) is 17.0. The predicted molar refractivity (Wildman–Crippen MR) is 110 cm³/mol. The lowest BCUT2D eigenvalue weighted by Crippen LogP contribution is -2.60. The van der Waals surface area contributed by atoms with Crippen molar-refractivity contribution >= 4 is 30.4 Å². The highest BCUT2D eigenvalue weighted by atomic mass is 32.1. The van der Waals surface area contributed by atoms with Crippen molar-refractivity contribution in [2.45, 2.75) is 58.1 Å². The van der Waals surface area contributed by atoms with Gasteiger partial charge in [0.05, 0.1) is 18.5 Å². The fraction of sp³-hybridized carbons (Fsp3) is 0.550. The van der Waals surface area contributed by atoms with Gasteiger partial charge in [-0.05, 0) is 24.8 Å². The number of carbonyl (C=O) groups excluding carboxylic acids is 2. The number of hydrogen-bond acceptors (Lipinski definition) is 5. The zero-order chi connectivity index (χ0) is 21.5. The molecule has 3 N–H and O–H groups in total. The van der Waals surface area contributed by atoms with Crippen molar-refractivity contribution in [3.05, 3.63) is 35.9 Å². The van der Waals surface area contributed by atoms with E-state index in [4.69, 9.17) is 4.74 Å². The van der Waals surface area contributed by atoms with E-state index in [0.717, 1.165) is 5.56 Å². The van der Waals surface area contributed by atoms with Gasteiger partial charge in [0.25, 0.3) is 0 Å². The number of rotatable bonds is 9. The van der Waals surface area contributed by atoms with Crippen molar-refractivity contribution < 1.29 is 24.2 Å². The highest BCUT2D eigenvalue weighted by Gasteiger charge is 2.36. The van der Waals surface area contributed by atoms with E-state index in [1.807, 2.05) is 51.1 Å². The monoisotopic (exact) mass is 410 g/mol. The maximum absolute atomic E-state index is 12.6. The maximum atomic E-state index is 12.6. The molecule has 0 aliphatic rings. The summed E-state index contributed by atoms with van der Waals surface area (Å²) in [6.45, 7) is 8.64. The van der Waals surface area contributed by atoms with E-state index in [2.05, 4.69) is 23.3 Å². The number of hydrogen-bond donors (Lipinski definition) is 4. The fourth-order valence-corrected chi connectivity index (χ4v) is 2.27. The molecule has 2 amide bonds. The molecule has 0 radical (unpaired) electrons. The average molecular weight is 411 g/mol. The number of carboxylic acids is 1. The topological polar surface area (TPSA) is 105 Å². The highest BCUT2D eigenvalue weighted by Crippen LogP contribution is 2.24. The van der Waals surface area contributed by atoms with Crippen molar-refractivity contribution in [2.24, 2.45) is 5.41 Å². The van der Waals surface area contributed by atoms with Crippen LogP contribution in [-0.2, 0) is 25.7 Å². The van der Waals surface area contributed by atoms with Crippen molar-refractivity contribution in [3.63, 3.8) is 0 Å². The minimum absolute atomic E-state index is 0.197. The Bertz CT molecular complexity index is 686. The van der Waals surface area contributed by atoms with E-state index in [1.165, 1.54) is 13.8 Å². The van der Waals surface area contributed by atoms with Crippen LogP contribution in [0.5, 0.6) is 0 Å². The molecule has 0 aliphatic carbocycles. The molecule has 2 unspecified atom stereocenters. The van der Waals surface area contributed by atoms with Gasteiger partial charge < -0.3 is 20.5 Å². The summed E-state index contributed by atoms with van der Waals surface area (Å²) in [6.07, 6.45) is 0. The lowest BCUT2D eigenvalue weighted by molar-refractivity contribution is -0.145. The van der Waals surface area contributed by atoms with Crippen LogP contribution in [0.2, 0.25) is 0 Å². The number of aliphatic carboxylic acids is 1. The van der Waals surface area contributed by atoms with Crippen molar-refractivity contribution in [1.82, 2.24) is 10.6 Å². The van der Waals surface area contributed by atoms with Gasteiger partial charge in [0, 0.05) is 0 Å². The van der Waals surface area contributed by atoms with E-state index < -0.39 is 40.0 Å². The predicted octanol–water partition coefficient (Wildman–Crippen LogP) is 2.01. The van der Waals surface area contributed by atoms with Crippen molar-refractivity contribution in [3.8, 4) is 0 Å². The molecule has 156 valence electrons. The highest BCUT2D eigenvalue weighted by molar-refractivity contribution is 7.81. The van der Waals surface area contributed by atoms with E-state index in [0.29, 0.717) is 0 Å². The standard InChI is InChI=1S/C20H30N2O5S/c1-19(2,3)15(28)16(23)22-20(4,5)18(26)21-14(17(24)25)12-27-11-13-9-7-6-8-10-13/h6-10,14-15,28H,11-12H2,1-5H3,(H,21,26)(H,22,23)(H,24,25). The summed E-state index contributed by atoms with van der Waals surface area (Å²) in [6, 6.07) is 8.06. The van der Waals surface area contributed by atoms with Gasteiger partial charge in [-0.1, -0.05) is 51.1 Å². The van der Waals surface area contributed by atoms with E-state index >= 15 is 0 Å². The van der Waals surface area contributed by atoms with Crippen LogP contribution in [0.4, 0.5) is 0 Å². The number of nitrogens with one attached hydrogen (secondary N) is 2. The Balaban J connectivity index is 2.66. The van der Waals surface area contributed by atoms with Crippen LogP contribution < -0.4 is 10.6 Å². The first-order chi connectivity index (χ1) is 12.8. The van der Waals surface area contributed by atoms with Gasteiger partial charge in [0.1, 0.15) is 5.54 Å². The van der Waals surface area contributed by atoms with Gasteiger partial charge in [-0.25, -0.2) is 4.79 Å². The molecule has 2 atom stereocenters. The lowest BCUT2D eigenvalue weighted by atomic mass is 9.90. The van der Waals surface area contributed by atoms with Gasteiger partial charge in [-0.3, -0.25) is 9.59 Å². The molecular weight excluding hydrogens is 380 g/mol. The average Bonchev–Trinajstić information content (AvgIpc) is 2.59. The maximum Gasteiger partial charge on any atom is 0.328 e.